The third-order valence-electron chi connectivity index (χ3n) is 7.05. The molecule has 1 amide bonds. The number of aliphatic carboxylic acids is 2. The maximum Gasteiger partial charge on any atom is 0.310 e. The quantitative estimate of drug-likeness (QED) is 0.352. The average molecular weight is 485 g/mol. The molecule has 12 heteroatoms. The van der Waals surface area contributed by atoms with E-state index in [1.807, 2.05) is 0 Å². The monoisotopic (exact) mass is 485 g/mol. The van der Waals surface area contributed by atoms with Crippen LogP contribution in [0.5, 0.6) is 0 Å². The van der Waals surface area contributed by atoms with Gasteiger partial charge >= 0.3 is 11.9 Å². The third-order valence-corrected chi connectivity index (χ3v) is 7.05. The maximum atomic E-state index is 13.1. The second-order valence-electron chi connectivity index (χ2n) is 8.92. The van der Waals surface area contributed by atoms with Crippen molar-refractivity contribution in [2.24, 2.45) is 22.7 Å². The number of aryl methyl sites for hydroxylation is 1. The lowest BCUT2D eigenvalue weighted by atomic mass is 9.38. The molecule has 2 aromatic rings. The average Bonchev–Trinajstić information content (AvgIpc) is 2.79. The van der Waals surface area contributed by atoms with Crippen molar-refractivity contribution in [1.29, 1.82) is 0 Å². The smallest absolute Gasteiger partial charge is 0.310 e. The highest BCUT2D eigenvalue weighted by molar-refractivity contribution is 6.02. The molecule has 0 aromatic heterocycles. The van der Waals surface area contributed by atoms with Crippen LogP contribution in [0.25, 0.3) is 0 Å². The van der Waals surface area contributed by atoms with Gasteiger partial charge in [0.25, 0.3) is 11.4 Å². The number of amides is 1. The van der Waals surface area contributed by atoms with Gasteiger partial charge in [0.1, 0.15) is 0 Å². The predicted octanol–water partition coefficient (Wildman–Crippen LogP) is 3.50. The van der Waals surface area contributed by atoms with Crippen LogP contribution in [-0.4, -0.2) is 37.9 Å². The summed E-state index contributed by atoms with van der Waals surface area (Å²) in [5.74, 6) is -5.82. The Bertz CT molecular complexity index is 1170. The van der Waals surface area contributed by atoms with Gasteiger partial charge in [-0.3, -0.25) is 34.6 Å². The number of carbonyl (C=O) groups is 3. The molecule has 0 aliphatic heterocycles. The standard InChI is InChI=1S/C23H23N3O9/c1-22(20(28)29)17(12-5-13-3-8-15(9-4-13)25(32)33)23(2,21(30)31)18(22)19(27)24-14-6-10-16(11-7-14)26(34)35/h3-4,6-11,17-18H,5,12H2,1-2H3,(H,24,27)(H,28,29)(H,30,31). The Labute approximate surface area is 198 Å². The molecule has 0 spiro atoms. The van der Waals surface area contributed by atoms with Crippen molar-refractivity contribution in [2.75, 3.05) is 5.32 Å². The maximum absolute atomic E-state index is 13.1. The van der Waals surface area contributed by atoms with Gasteiger partial charge in [-0.2, -0.15) is 0 Å². The van der Waals surface area contributed by atoms with Crippen molar-refractivity contribution in [3.05, 3.63) is 74.3 Å². The van der Waals surface area contributed by atoms with Crippen LogP contribution in [0.1, 0.15) is 25.8 Å². The van der Waals surface area contributed by atoms with Crippen molar-refractivity contribution >= 4 is 34.9 Å². The molecule has 1 aliphatic carbocycles. The number of carboxylic acids is 2. The summed E-state index contributed by atoms with van der Waals surface area (Å²) in [6.45, 7) is 2.67. The van der Waals surface area contributed by atoms with Crippen LogP contribution in [-0.2, 0) is 20.8 Å². The Morgan fingerprint density at radius 3 is 1.69 bits per heavy atom. The van der Waals surface area contributed by atoms with Crippen LogP contribution < -0.4 is 5.32 Å². The zero-order valence-electron chi connectivity index (χ0n) is 18.8. The van der Waals surface area contributed by atoms with Gasteiger partial charge < -0.3 is 15.5 Å². The first-order valence-electron chi connectivity index (χ1n) is 10.6. The lowest BCUT2D eigenvalue weighted by molar-refractivity contribution is -0.385. The van der Waals surface area contributed by atoms with Crippen molar-refractivity contribution in [1.82, 2.24) is 0 Å². The van der Waals surface area contributed by atoms with Gasteiger partial charge in [0, 0.05) is 30.0 Å². The van der Waals surface area contributed by atoms with Crippen LogP contribution in [0.2, 0.25) is 0 Å². The number of carboxylic acid groups (broad SMARTS) is 2. The van der Waals surface area contributed by atoms with Crippen molar-refractivity contribution in [2.45, 2.75) is 26.7 Å². The van der Waals surface area contributed by atoms with Gasteiger partial charge in [0.05, 0.1) is 26.6 Å². The lowest BCUT2D eigenvalue weighted by Gasteiger charge is -2.61. The molecule has 35 heavy (non-hydrogen) atoms. The van der Waals surface area contributed by atoms with E-state index in [1.165, 1.54) is 50.2 Å². The van der Waals surface area contributed by atoms with E-state index in [2.05, 4.69) is 5.32 Å². The summed E-state index contributed by atoms with van der Waals surface area (Å²) in [6.07, 6.45) is 0.371. The van der Waals surface area contributed by atoms with Crippen LogP contribution >= 0.6 is 0 Å². The molecule has 0 heterocycles. The first kappa shape index (κ1) is 25.3. The number of nitro groups is 2. The molecular formula is C23H23N3O9. The molecule has 1 fully saturated rings. The van der Waals surface area contributed by atoms with Crippen LogP contribution in [0.4, 0.5) is 17.1 Å². The van der Waals surface area contributed by atoms with Crippen molar-refractivity contribution in [3.8, 4) is 0 Å². The van der Waals surface area contributed by atoms with E-state index >= 15 is 0 Å². The Balaban J connectivity index is 1.86. The summed E-state index contributed by atoms with van der Waals surface area (Å²) >= 11 is 0. The van der Waals surface area contributed by atoms with E-state index in [9.17, 15) is 44.8 Å². The Kier molecular flexibility index (Phi) is 6.59. The van der Waals surface area contributed by atoms with E-state index in [0.717, 1.165) is 12.1 Å². The van der Waals surface area contributed by atoms with Crippen molar-refractivity contribution < 1.29 is 34.4 Å². The third kappa shape index (κ3) is 4.29. The minimum atomic E-state index is -1.71. The van der Waals surface area contributed by atoms with Gasteiger partial charge in [-0.1, -0.05) is 12.1 Å². The number of hydrogen-bond acceptors (Lipinski definition) is 7. The molecule has 1 aliphatic rings. The van der Waals surface area contributed by atoms with Gasteiger partial charge in [-0.15, -0.1) is 0 Å². The van der Waals surface area contributed by atoms with E-state index in [4.69, 9.17) is 0 Å². The lowest BCUT2D eigenvalue weighted by Crippen LogP contribution is -2.71. The molecule has 0 radical (unpaired) electrons. The highest BCUT2D eigenvalue weighted by atomic mass is 16.6. The van der Waals surface area contributed by atoms with Crippen LogP contribution in [0.3, 0.4) is 0 Å². The first-order chi connectivity index (χ1) is 16.3. The van der Waals surface area contributed by atoms with Crippen LogP contribution in [0, 0.1) is 42.9 Å². The largest absolute Gasteiger partial charge is 0.481 e. The highest BCUT2D eigenvalue weighted by Crippen LogP contribution is 2.65. The number of carbonyl (C=O) groups excluding carboxylic acids is 1. The number of nitro benzene ring substituents is 2. The number of nitrogens with one attached hydrogen (secondary N) is 1. The molecule has 3 N–H and O–H groups in total. The first-order valence-corrected chi connectivity index (χ1v) is 10.6. The fourth-order valence-electron chi connectivity index (χ4n) is 5.22. The van der Waals surface area contributed by atoms with Gasteiger partial charge in [0.2, 0.25) is 5.91 Å². The summed E-state index contributed by atoms with van der Waals surface area (Å²) in [5, 5.41) is 44.2. The zero-order valence-corrected chi connectivity index (χ0v) is 18.8. The van der Waals surface area contributed by atoms with E-state index in [1.54, 1.807) is 0 Å². The fourth-order valence-corrected chi connectivity index (χ4v) is 5.22. The molecule has 3 rings (SSSR count). The fraction of sp³-hybridized carbons (Fsp3) is 0.348. The highest BCUT2D eigenvalue weighted by Gasteiger charge is 2.75. The molecule has 184 valence electrons. The second-order valence-corrected chi connectivity index (χ2v) is 8.92. The van der Waals surface area contributed by atoms with Gasteiger partial charge in [-0.25, -0.2) is 0 Å². The van der Waals surface area contributed by atoms with Crippen LogP contribution in [0.15, 0.2) is 48.5 Å². The SMILES string of the molecule is CC1(C(=O)O)C(CCc2ccc([N+](=O)[O-])cc2)C(C)(C(=O)O)C1C(=O)Nc1ccc([N+](=O)[O-])cc1. The Hall–Kier alpha value is -4.35. The summed E-state index contributed by atoms with van der Waals surface area (Å²) in [5.41, 5.74) is -2.91. The number of rotatable bonds is 9. The molecule has 2 aromatic carbocycles. The molecule has 12 nitrogen and oxygen atoms in total. The summed E-state index contributed by atoms with van der Waals surface area (Å²) in [6, 6.07) is 10.5. The number of benzene rings is 2. The minimum absolute atomic E-state index is 0.105. The van der Waals surface area contributed by atoms with Crippen molar-refractivity contribution in [3.63, 3.8) is 0 Å². The molecule has 2 unspecified atom stereocenters. The molecule has 1 saturated carbocycles. The topological polar surface area (TPSA) is 190 Å². The normalized spacial score (nSPS) is 25.2. The zero-order chi connectivity index (χ0) is 26.1. The Morgan fingerprint density at radius 1 is 0.857 bits per heavy atom. The van der Waals surface area contributed by atoms with Gasteiger partial charge in [-0.05, 0) is 50.3 Å². The summed E-state index contributed by atoms with van der Waals surface area (Å²) < 4.78 is 0. The van der Waals surface area contributed by atoms with Gasteiger partial charge in [0.15, 0.2) is 0 Å². The summed E-state index contributed by atoms with van der Waals surface area (Å²) in [7, 11) is 0. The van der Waals surface area contributed by atoms with E-state index in [0.29, 0.717) is 5.56 Å². The minimum Gasteiger partial charge on any atom is -0.481 e. The Morgan fingerprint density at radius 2 is 1.29 bits per heavy atom. The number of non-ortho nitro benzene ring substituents is 2. The second kappa shape index (κ2) is 9.12. The summed E-state index contributed by atoms with van der Waals surface area (Å²) in [4.78, 5) is 58.3. The molecular weight excluding hydrogens is 462 g/mol. The molecule has 0 bridgehead atoms. The van der Waals surface area contributed by atoms with E-state index < -0.39 is 50.4 Å². The van der Waals surface area contributed by atoms with E-state index in [-0.39, 0.29) is 29.9 Å². The number of nitrogens with zero attached hydrogens (tertiary/aromatic N) is 2. The predicted molar refractivity (Wildman–Crippen MR) is 122 cm³/mol. The number of hydrogen-bond donors (Lipinski definition) is 3. The molecule has 0 saturated heterocycles. The molecule has 2 atom stereocenters. The number of anilines is 1.